The van der Waals surface area contributed by atoms with Crippen LogP contribution in [0.25, 0.3) is 21.3 Å². The number of nitroso groups, excluding NO2 is 1. The van der Waals surface area contributed by atoms with Crippen molar-refractivity contribution in [1.82, 2.24) is 4.98 Å². The molecule has 0 bridgehead atoms. The van der Waals surface area contributed by atoms with E-state index in [0.717, 1.165) is 11.3 Å². The van der Waals surface area contributed by atoms with Crippen molar-refractivity contribution in [3.8, 4) is 11.3 Å². The third-order valence-electron chi connectivity index (χ3n) is 2.88. The Morgan fingerprint density at radius 2 is 2.06 bits per heavy atom. The number of nitrogens with zero attached hydrogens (tertiary/aromatic N) is 2. The molecule has 0 amide bonds. The Hall–Kier alpha value is -2.07. The molecule has 0 unspecified atom stereocenters. The molecular formula is C14H10N2OS. The Morgan fingerprint density at radius 1 is 1.22 bits per heavy atom. The Bertz CT molecular complexity index is 733. The Balaban J connectivity index is 2.30. The lowest BCUT2D eigenvalue weighted by Crippen LogP contribution is -1.82. The van der Waals surface area contributed by atoms with E-state index in [4.69, 9.17) is 0 Å². The number of hydrogen-bond donors (Lipinski definition) is 0. The number of aromatic nitrogens is 1. The number of thiophene rings is 1. The van der Waals surface area contributed by atoms with Crippen molar-refractivity contribution < 1.29 is 0 Å². The minimum Gasteiger partial charge on any atom is -0.256 e. The Morgan fingerprint density at radius 3 is 2.89 bits per heavy atom. The van der Waals surface area contributed by atoms with Gasteiger partial charge in [0.2, 0.25) is 0 Å². The number of pyridine rings is 1. The summed E-state index contributed by atoms with van der Waals surface area (Å²) in [6.07, 6.45) is 1.62. The molecule has 0 saturated carbocycles. The predicted molar refractivity (Wildman–Crippen MR) is 75.2 cm³/mol. The van der Waals surface area contributed by atoms with E-state index >= 15 is 0 Å². The first-order valence-corrected chi connectivity index (χ1v) is 6.39. The van der Waals surface area contributed by atoms with Crippen LogP contribution in [0.1, 0.15) is 4.88 Å². The summed E-state index contributed by atoms with van der Waals surface area (Å²) in [4.78, 5) is 16.2. The highest BCUT2D eigenvalue weighted by Gasteiger charge is 2.12. The van der Waals surface area contributed by atoms with Crippen LogP contribution in [0.15, 0.2) is 47.8 Å². The van der Waals surface area contributed by atoms with Crippen LogP contribution < -0.4 is 0 Å². The van der Waals surface area contributed by atoms with Crippen LogP contribution in [0, 0.1) is 11.8 Å². The summed E-state index contributed by atoms with van der Waals surface area (Å²) in [6.45, 7) is 2.07. The second-order valence-corrected chi connectivity index (χ2v) is 5.28. The van der Waals surface area contributed by atoms with Crippen LogP contribution in [0.2, 0.25) is 0 Å². The van der Waals surface area contributed by atoms with E-state index in [1.165, 1.54) is 15.0 Å². The summed E-state index contributed by atoms with van der Waals surface area (Å²) in [5, 5.41) is 4.14. The van der Waals surface area contributed by atoms with Gasteiger partial charge in [0.15, 0.2) is 0 Å². The number of benzene rings is 1. The van der Waals surface area contributed by atoms with E-state index in [0.29, 0.717) is 5.69 Å². The number of hydrogen-bond acceptors (Lipinski definition) is 4. The van der Waals surface area contributed by atoms with Crippen LogP contribution in [-0.2, 0) is 0 Å². The van der Waals surface area contributed by atoms with Crippen LogP contribution in [0.3, 0.4) is 0 Å². The summed E-state index contributed by atoms with van der Waals surface area (Å²) in [5.74, 6) is 0. The molecule has 3 rings (SSSR count). The molecule has 0 aliphatic carbocycles. The highest BCUT2D eigenvalue weighted by molar-refractivity contribution is 7.19. The van der Waals surface area contributed by atoms with Gasteiger partial charge < -0.3 is 0 Å². The van der Waals surface area contributed by atoms with E-state index in [-0.39, 0.29) is 0 Å². The van der Waals surface area contributed by atoms with Gasteiger partial charge in [-0.05, 0) is 30.3 Å². The molecule has 0 radical (unpaired) electrons. The van der Waals surface area contributed by atoms with Gasteiger partial charge in [-0.3, -0.25) is 4.98 Å². The summed E-state index contributed by atoms with van der Waals surface area (Å²) in [7, 11) is 0. The molecule has 3 aromatic rings. The minimum atomic E-state index is 0.412. The maximum atomic E-state index is 10.6. The zero-order valence-corrected chi connectivity index (χ0v) is 10.6. The van der Waals surface area contributed by atoms with Gasteiger partial charge in [0.1, 0.15) is 5.69 Å². The van der Waals surface area contributed by atoms with Crippen molar-refractivity contribution in [2.75, 3.05) is 0 Å². The Kier molecular flexibility index (Phi) is 2.64. The fourth-order valence-corrected chi connectivity index (χ4v) is 3.17. The number of rotatable bonds is 2. The highest BCUT2D eigenvalue weighted by atomic mass is 32.1. The molecule has 0 aliphatic heterocycles. The van der Waals surface area contributed by atoms with Gasteiger partial charge >= 0.3 is 0 Å². The maximum Gasteiger partial charge on any atom is 0.111 e. The molecule has 4 heteroatoms. The first-order valence-electron chi connectivity index (χ1n) is 5.57. The van der Waals surface area contributed by atoms with Crippen molar-refractivity contribution in [3.05, 3.63) is 52.4 Å². The molecule has 0 fully saturated rings. The largest absolute Gasteiger partial charge is 0.256 e. The van der Waals surface area contributed by atoms with Gasteiger partial charge in [-0.2, -0.15) is 0 Å². The fourth-order valence-electron chi connectivity index (χ4n) is 2.10. The molecule has 0 saturated heterocycles. The minimum absolute atomic E-state index is 0.412. The molecule has 2 aromatic heterocycles. The lowest BCUT2D eigenvalue weighted by molar-refractivity contribution is 1.31. The monoisotopic (exact) mass is 254 g/mol. The van der Waals surface area contributed by atoms with Crippen molar-refractivity contribution >= 4 is 27.1 Å². The van der Waals surface area contributed by atoms with Gasteiger partial charge in [0.25, 0.3) is 0 Å². The van der Waals surface area contributed by atoms with Gasteiger partial charge in [-0.15, -0.1) is 16.2 Å². The SMILES string of the molecule is Cc1sc2ccccc2c1-c1cc(N=O)ccn1. The van der Waals surface area contributed by atoms with Crippen LogP contribution in [-0.4, -0.2) is 4.98 Å². The molecule has 0 atom stereocenters. The third-order valence-corrected chi connectivity index (χ3v) is 3.96. The third kappa shape index (κ3) is 1.71. The molecule has 88 valence electrons. The predicted octanol–water partition coefficient (Wildman–Crippen LogP) is 4.67. The number of aryl methyl sites for hydroxylation is 1. The molecule has 0 N–H and O–H groups in total. The molecule has 3 nitrogen and oxygen atoms in total. The standard InChI is InChI=1S/C14H10N2OS/c1-9-14(11-4-2-3-5-13(11)18-9)12-8-10(16-17)6-7-15-12/h2-8H,1H3. The van der Waals surface area contributed by atoms with Crippen LogP contribution >= 0.6 is 11.3 Å². The lowest BCUT2D eigenvalue weighted by Gasteiger charge is -2.01. The average Bonchev–Trinajstić information content (AvgIpc) is 2.74. The zero-order chi connectivity index (χ0) is 12.5. The molecular weight excluding hydrogens is 244 g/mol. The molecule has 18 heavy (non-hydrogen) atoms. The summed E-state index contributed by atoms with van der Waals surface area (Å²) in [5.41, 5.74) is 2.32. The maximum absolute atomic E-state index is 10.6. The smallest absolute Gasteiger partial charge is 0.111 e. The quantitative estimate of drug-likeness (QED) is 0.623. The van der Waals surface area contributed by atoms with Crippen LogP contribution in [0.4, 0.5) is 5.69 Å². The van der Waals surface area contributed by atoms with E-state index in [2.05, 4.69) is 29.2 Å². The van der Waals surface area contributed by atoms with Crippen molar-refractivity contribution in [3.63, 3.8) is 0 Å². The topological polar surface area (TPSA) is 42.3 Å². The second kappa shape index (κ2) is 4.31. The zero-order valence-electron chi connectivity index (χ0n) is 9.75. The Labute approximate surface area is 108 Å². The van der Waals surface area contributed by atoms with Crippen molar-refractivity contribution in [2.45, 2.75) is 6.92 Å². The first kappa shape index (κ1) is 11.0. The molecule has 0 spiro atoms. The summed E-state index contributed by atoms with van der Waals surface area (Å²) >= 11 is 1.74. The molecule has 0 aliphatic rings. The summed E-state index contributed by atoms with van der Waals surface area (Å²) in [6, 6.07) is 11.6. The van der Waals surface area contributed by atoms with Crippen molar-refractivity contribution in [2.24, 2.45) is 5.18 Å². The van der Waals surface area contributed by atoms with Gasteiger partial charge in [-0.25, -0.2) is 0 Å². The highest BCUT2D eigenvalue weighted by Crippen LogP contribution is 2.37. The normalized spacial score (nSPS) is 10.7. The van der Waals surface area contributed by atoms with E-state index < -0.39 is 0 Å². The van der Waals surface area contributed by atoms with E-state index in [9.17, 15) is 4.91 Å². The molecule has 1 aromatic carbocycles. The van der Waals surface area contributed by atoms with E-state index in [1.807, 2.05) is 12.1 Å². The number of fused-ring (bicyclic) bond motifs is 1. The van der Waals surface area contributed by atoms with Crippen molar-refractivity contribution in [1.29, 1.82) is 0 Å². The lowest BCUT2D eigenvalue weighted by atomic mass is 10.1. The second-order valence-electron chi connectivity index (χ2n) is 4.02. The van der Waals surface area contributed by atoms with Gasteiger partial charge in [0.05, 0.1) is 5.69 Å². The van der Waals surface area contributed by atoms with Crippen LogP contribution in [0.5, 0.6) is 0 Å². The van der Waals surface area contributed by atoms with E-state index in [1.54, 1.807) is 29.7 Å². The first-order chi connectivity index (χ1) is 8.79. The van der Waals surface area contributed by atoms with Gasteiger partial charge in [-0.1, -0.05) is 18.2 Å². The van der Waals surface area contributed by atoms with Gasteiger partial charge in [0, 0.05) is 26.7 Å². The fraction of sp³-hybridized carbons (Fsp3) is 0.0714. The molecule has 2 heterocycles. The summed E-state index contributed by atoms with van der Waals surface area (Å²) < 4.78 is 1.23. The average molecular weight is 254 g/mol.